The molecule has 1 heterocycles. The number of ether oxygens (including phenoxy) is 1. The monoisotopic (exact) mass is 285 g/mol. The van der Waals surface area contributed by atoms with Crippen LogP contribution in [0.4, 0.5) is 5.69 Å². The first-order chi connectivity index (χ1) is 10.2. The second-order valence-electron chi connectivity index (χ2n) is 4.60. The average Bonchev–Trinajstić information content (AvgIpc) is 2.50. The molecule has 1 aromatic carbocycles. The van der Waals surface area contributed by atoms with E-state index in [1.54, 1.807) is 18.3 Å². The number of carbonyl (C=O) groups is 1. The molecule has 0 bridgehead atoms. The molecule has 0 aliphatic carbocycles. The average molecular weight is 285 g/mol. The van der Waals surface area contributed by atoms with Crippen molar-refractivity contribution in [3.63, 3.8) is 0 Å². The molecule has 21 heavy (non-hydrogen) atoms. The van der Waals surface area contributed by atoms with Crippen molar-refractivity contribution >= 4 is 11.6 Å². The van der Waals surface area contributed by atoms with Gasteiger partial charge in [0.25, 0.3) is 0 Å². The molecule has 0 spiro atoms. The third kappa shape index (κ3) is 4.57. The molecule has 0 fully saturated rings. The number of anilines is 1. The molecular formula is C16H19N3O2. The molecule has 0 unspecified atom stereocenters. The van der Waals surface area contributed by atoms with Crippen molar-refractivity contribution in [2.75, 3.05) is 11.9 Å². The van der Waals surface area contributed by atoms with Gasteiger partial charge in [0.2, 0.25) is 11.8 Å². The number of aromatic nitrogens is 1. The predicted octanol–water partition coefficient (Wildman–Crippen LogP) is 1.99. The third-order valence-electron chi connectivity index (χ3n) is 2.93. The summed E-state index contributed by atoms with van der Waals surface area (Å²) in [5.41, 5.74) is 7.55. The molecule has 3 N–H and O–H groups in total. The van der Waals surface area contributed by atoms with Crippen LogP contribution in [-0.2, 0) is 11.2 Å². The largest absolute Gasteiger partial charge is 0.478 e. The highest BCUT2D eigenvalue weighted by molar-refractivity contribution is 5.94. The van der Waals surface area contributed by atoms with Crippen molar-refractivity contribution in [1.29, 1.82) is 0 Å². The van der Waals surface area contributed by atoms with Crippen LogP contribution in [0.15, 0.2) is 48.7 Å². The van der Waals surface area contributed by atoms with E-state index in [0.717, 1.165) is 5.56 Å². The van der Waals surface area contributed by atoms with Crippen LogP contribution in [0.5, 0.6) is 5.88 Å². The third-order valence-corrected chi connectivity index (χ3v) is 2.93. The molecule has 1 aromatic heterocycles. The van der Waals surface area contributed by atoms with Crippen LogP contribution in [0.25, 0.3) is 0 Å². The molecule has 0 aliphatic heterocycles. The molecule has 5 nitrogen and oxygen atoms in total. The number of rotatable bonds is 6. The molecular weight excluding hydrogens is 266 g/mol. The number of nitrogens with two attached hydrogens (primary N) is 1. The SMILES string of the molecule is CCOc1ccc(NC(=O)[C@H](N)Cc2ccccc2)cn1. The number of hydrogen-bond donors (Lipinski definition) is 2. The Bertz CT molecular complexity index is 570. The highest BCUT2D eigenvalue weighted by Crippen LogP contribution is 2.12. The molecule has 110 valence electrons. The normalized spacial score (nSPS) is 11.7. The Hall–Kier alpha value is -2.40. The van der Waals surface area contributed by atoms with Crippen molar-refractivity contribution in [2.45, 2.75) is 19.4 Å². The standard InChI is InChI=1S/C16H19N3O2/c1-2-21-15-9-8-13(11-18-15)19-16(20)14(17)10-12-6-4-3-5-7-12/h3-9,11,14H,2,10,17H2,1H3,(H,19,20)/t14-/m1/s1. The second-order valence-corrected chi connectivity index (χ2v) is 4.60. The van der Waals surface area contributed by atoms with Crippen molar-refractivity contribution in [1.82, 2.24) is 4.98 Å². The maximum atomic E-state index is 12.0. The quantitative estimate of drug-likeness (QED) is 0.851. The maximum absolute atomic E-state index is 12.0. The van der Waals surface area contributed by atoms with Crippen molar-refractivity contribution in [3.8, 4) is 5.88 Å². The van der Waals surface area contributed by atoms with Crippen LogP contribution >= 0.6 is 0 Å². The van der Waals surface area contributed by atoms with E-state index >= 15 is 0 Å². The zero-order valence-electron chi connectivity index (χ0n) is 12.0. The fraction of sp³-hybridized carbons (Fsp3) is 0.250. The van der Waals surface area contributed by atoms with Crippen LogP contribution in [-0.4, -0.2) is 23.5 Å². The summed E-state index contributed by atoms with van der Waals surface area (Å²) in [6, 6.07) is 12.5. The molecule has 0 saturated carbocycles. The molecule has 1 atom stereocenters. The lowest BCUT2D eigenvalue weighted by Crippen LogP contribution is -2.37. The van der Waals surface area contributed by atoms with Gasteiger partial charge in [-0.2, -0.15) is 0 Å². The van der Waals surface area contributed by atoms with Gasteiger partial charge in [-0.1, -0.05) is 30.3 Å². The minimum atomic E-state index is -0.598. The van der Waals surface area contributed by atoms with E-state index in [4.69, 9.17) is 10.5 Å². The number of carbonyl (C=O) groups excluding carboxylic acids is 1. The summed E-state index contributed by atoms with van der Waals surface area (Å²) in [7, 11) is 0. The first-order valence-corrected chi connectivity index (χ1v) is 6.88. The van der Waals surface area contributed by atoms with Gasteiger partial charge in [0.1, 0.15) is 0 Å². The zero-order valence-corrected chi connectivity index (χ0v) is 12.0. The summed E-state index contributed by atoms with van der Waals surface area (Å²) >= 11 is 0. The minimum absolute atomic E-state index is 0.232. The van der Waals surface area contributed by atoms with Gasteiger partial charge < -0.3 is 15.8 Å². The van der Waals surface area contributed by atoms with E-state index in [2.05, 4.69) is 10.3 Å². The van der Waals surface area contributed by atoms with E-state index < -0.39 is 6.04 Å². The summed E-state index contributed by atoms with van der Waals surface area (Å²) in [5, 5.41) is 2.75. The lowest BCUT2D eigenvalue weighted by atomic mass is 10.1. The minimum Gasteiger partial charge on any atom is -0.478 e. The van der Waals surface area contributed by atoms with Gasteiger partial charge in [-0.3, -0.25) is 4.79 Å². The number of hydrogen-bond acceptors (Lipinski definition) is 4. The Kier molecular flexibility index (Phi) is 5.29. The Morgan fingerprint density at radius 1 is 1.29 bits per heavy atom. The Labute approximate surface area is 124 Å². The van der Waals surface area contributed by atoms with Gasteiger partial charge in [-0.25, -0.2) is 4.98 Å². The van der Waals surface area contributed by atoms with E-state index in [0.29, 0.717) is 24.6 Å². The van der Waals surface area contributed by atoms with Crippen molar-refractivity contribution in [3.05, 3.63) is 54.2 Å². The molecule has 2 rings (SSSR count). The first kappa shape index (κ1) is 15.0. The number of amides is 1. The summed E-state index contributed by atoms with van der Waals surface area (Å²) in [5.74, 6) is 0.300. The van der Waals surface area contributed by atoms with Crippen LogP contribution in [0.1, 0.15) is 12.5 Å². The molecule has 0 aliphatic rings. The Morgan fingerprint density at radius 2 is 2.05 bits per heavy atom. The number of nitrogens with one attached hydrogen (secondary N) is 1. The second kappa shape index (κ2) is 7.40. The van der Waals surface area contributed by atoms with Gasteiger partial charge in [-0.05, 0) is 25.0 Å². The van der Waals surface area contributed by atoms with Crippen LogP contribution < -0.4 is 15.8 Å². The van der Waals surface area contributed by atoms with Crippen molar-refractivity contribution in [2.24, 2.45) is 5.73 Å². The molecule has 5 heteroatoms. The zero-order chi connectivity index (χ0) is 15.1. The summed E-state index contributed by atoms with van der Waals surface area (Å²) in [6.07, 6.45) is 2.05. The van der Waals surface area contributed by atoms with E-state index in [1.807, 2.05) is 37.3 Å². The summed E-state index contributed by atoms with van der Waals surface area (Å²) in [6.45, 7) is 2.45. The van der Waals surface area contributed by atoms with Gasteiger partial charge in [0, 0.05) is 6.07 Å². The van der Waals surface area contributed by atoms with E-state index in [9.17, 15) is 4.79 Å². The van der Waals surface area contributed by atoms with Crippen LogP contribution in [0.3, 0.4) is 0 Å². The predicted molar refractivity (Wildman–Crippen MR) is 82.2 cm³/mol. The van der Waals surface area contributed by atoms with Gasteiger partial charge in [-0.15, -0.1) is 0 Å². The summed E-state index contributed by atoms with van der Waals surface area (Å²) in [4.78, 5) is 16.1. The topological polar surface area (TPSA) is 77.2 Å². The lowest BCUT2D eigenvalue weighted by molar-refractivity contribution is -0.117. The molecule has 2 aromatic rings. The van der Waals surface area contributed by atoms with Gasteiger partial charge >= 0.3 is 0 Å². The fourth-order valence-electron chi connectivity index (χ4n) is 1.88. The number of pyridine rings is 1. The van der Waals surface area contributed by atoms with Crippen LogP contribution in [0, 0.1) is 0 Å². The highest BCUT2D eigenvalue weighted by Gasteiger charge is 2.14. The molecule has 1 amide bonds. The van der Waals surface area contributed by atoms with Gasteiger partial charge in [0.15, 0.2) is 0 Å². The summed E-state index contributed by atoms with van der Waals surface area (Å²) < 4.78 is 5.24. The van der Waals surface area contributed by atoms with Gasteiger partial charge in [0.05, 0.1) is 24.5 Å². The van der Waals surface area contributed by atoms with Crippen molar-refractivity contribution < 1.29 is 9.53 Å². The smallest absolute Gasteiger partial charge is 0.241 e. The maximum Gasteiger partial charge on any atom is 0.241 e. The lowest BCUT2D eigenvalue weighted by Gasteiger charge is -2.12. The molecule has 0 saturated heterocycles. The van der Waals surface area contributed by atoms with Crippen LogP contribution in [0.2, 0.25) is 0 Å². The Balaban J connectivity index is 1.91. The number of nitrogens with zero attached hydrogens (tertiary/aromatic N) is 1. The number of benzene rings is 1. The fourth-order valence-corrected chi connectivity index (χ4v) is 1.88. The van der Waals surface area contributed by atoms with E-state index in [-0.39, 0.29) is 5.91 Å². The first-order valence-electron chi connectivity index (χ1n) is 6.88. The Morgan fingerprint density at radius 3 is 2.67 bits per heavy atom. The molecule has 0 radical (unpaired) electrons. The highest BCUT2D eigenvalue weighted by atomic mass is 16.5. The van der Waals surface area contributed by atoms with E-state index in [1.165, 1.54) is 0 Å².